The smallest absolute Gasteiger partial charge is 0.266 e. The number of hydrogen-bond donors (Lipinski definition) is 1. The van der Waals surface area contributed by atoms with E-state index in [0.717, 1.165) is 30.0 Å². The first-order valence-electron chi connectivity index (χ1n) is 12.9. The molecule has 4 aromatic rings. The Morgan fingerprint density at radius 3 is 2.41 bits per heavy atom. The van der Waals surface area contributed by atoms with Gasteiger partial charge in [-0.1, -0.05) is 55.9 Å². The number of amides is 1. The van der Waals surface area contributed by atoms with Gasteiger partial charge < -0.3 is 10.2 Å². The molecule has 0 aliphatic carbocycles. The van der Waals surface area contributed by atoms with E-state index in [0.29, 0.717) is 16.1 Å². The van der Waals surface area contributed by atoms with Crippen molar-refractivity contribution in [3.63, 3.8) is 0 Å². The van der Waals surface area contributed by atoms with E-state index >= 15 is 0 Å². The molecule has 6 nitrogen and oxygen atoms in total. The molecule has 1 aliphatic heterocycles. The molecule has 5 rings (SSSR count). The van der Waals surface area contributed by atoms with E-state index in [9.17, 15) is 9.59 Å². The Bertz CT molecular complexity index is 1460. The standard InChI is InChI=1S/C30H32N4O2S/c1-21(2)24-10-5-7-13-27(24)34-29(36)25-11-4-6-12-26(25)32-30(34)37-20-28(35)31-22-14-16-23(17-15-22)33-18-8-3-9-19-33/h4-7,10-17,21H,3,8-9,18-20H2,1-2H3,(H,31,35). The lowest BCUT2D eigenvalue weighted by Gasteiger charge is -2.28. The van der Waals surface area contributed by atoms with Crippen LogP contribution < -0.4 is 15.8 Å². The highest BCUT2D eigenvalue weighted by Gasteiger charge is 2.18. The summed E-state index contributed by atoms with van der Waals surface area (Å²) in [6.45, 7) is 6.38. The number of thioether (sulfide) groups is 1. The van der Waals surface area contributed by atoms with Crippen molar-refractivity contribution < 1.29 is 4.79 Å². The highest BCUT2D eigenvalue weighted by molar-refractivity contribution is 7.99. The first-order valence-corrected chi connectivity index (χ1v) is 13.9. The maximum atomic E-state index is 13.6. The summed E-state index contributed by atoms with van der Waals surface area (Å²) < 4.78 is 1.66. The summed E-state index contributed by atoms with van der Waals surface area (Å²) in [5.74, 6) is 0.230. The third-order valence-corrected chi connectivity index (χ3v) is 7.69. The predicted octanol–water partition coefficient (Wildman–Crippen LogP) is 6.23. The lowest BCUT2D eigenvalue weighted by Crippen LogP contribution is -2.29. The summed E-state index contributed by atoms with van der Waals surface area (Å²) in [4.78, 5) is 33.7. The predicted molar refractivity (Wildman–Crippen MR) is 153 cm³/mol. The van der Waals surface area contributed by atoms with E-state index in [1.807, 2.05) is 54.6 Å². The highest BCUT2D eigenvalue weighted by Crippen LogP contribution is 2.27. The maximum Gasteiger partial charge on any atom is 0.266 e. The summed E-state index contributed by atoms with van der Waals surface area (Å²) in [5.41, 5.74) is 4.32. The molecule has 0 saturated carbocycles. The maximum absolute atomic E-state index is 13.6. The van der Waals surface area contributed by atoms with Gasteiger partial charge in [0.2, 0.25) is 5.91 Å². The van der Waals surface area contributed by atoms with E-state index in [2.05, 4.69) is 36.2 Å². The lowest BCUT2D eigenvalue weighted by atomic mass is 10.0. The van der Waals surface area contributed by atoms with Gasteiger partial charge in [0.15, 0.2) is 5.16 Å². The number of rotatable bonds is 7. The summed E-state index contributed by atoms with van der Waals surface area (Å²) in [6.07, 6.45) is 3.75. The van der Waals surface area contributed by atoms with Crippen LogP contribution in [0.1, 0.15) is 44.6 Å². The minimum absolute atomic E-state index is 0.130. The van der Waals surface area contributed by atoms with Crippen molar-refractivity contribution in [3.05, 3.63) is 88.7 Å². The van der Waals surface area contributed by atoms with Crippen molar-refractivity contribution in [1.29, 1.82) is 0 Å². The van der Waals surface area contributed by atoms with Gasteiger partial charge in [-0.3, -0.25) is 14.2 Å². The number of nitrogens with zero attached hydrogens (tertiary/aromatic N) is 3. The van der Waals surface area contributed by atoms with E-state index < -0.39 is 0 Å². The van der Waals surface area contributed by atoms with Crippen molar-refractivity contribution in [2.45, 2.75) is 44.2 Å². The minimum atomic E-state index is -0.137. The topological polar surface area (TPSA) is 67.2 Å². The number of para-hydroxylation sites is 2. The number of hydrogen-bond acceptors (Lipinski definition) is 5. The fraction of sp³-hybridized carbons (Fsp3) is 0.300. The Kier molecular flexibility index (Phi) is 7.60. The number of anilines is 2. The second-order valence-corrected chi connectivity index (χ2v) is 10.6. The van der Waals surface area contributed by atoms with Crippen LogP contribution in [0.25, 0.3) is 16.6 Å². The van der Waals surface area contributed by atoms with E-state index in [1.54, 1.807) is 10.6 Å². The van der Waals surface area contributed by atoms with Crippen LogP contribution in [-0.4, -0.2) is 34.3 Å². The van der Waals surface area contributed by atoms with Crippen molar-refractivity contribution in [1.82, 2.24) is 9.55 Å². The van der Waals surface area contributed by atoms with Crippen LogP contribution in [0.3, 0.4) is 0 Å². The zero-order chi connectivity index (χ0) is 25.8. The van der Waals surface area contributed by atoms with Crippen LogP contribution in [0.15, 0.2) is 82.7 Å². The van der Waals surface area contributed by atoms with Crippen LogP contribution in [0, 0.1) is 0 Å². The molecule has 190 valence electrons. The highest BCUT2D eigenvalue weighted by atomic mass is 32.2. The molecule has 1 fully saturated rings. The molecule has 0 spiro atoms. The monoisotopic (exact) mass is 512 g/mol. The Balaban J connectivity index is 1.38. The SMILES string of the molecule is CC(C)c1ccccc1-n1c(SCC(=O)Nc2ccc(N3CCCCC3)cc2)nc2ccccc2c1=O. The van der Waals surface area contributed by atoms with Gasteiger partial charge in [0.1, 0.15) is 0 Å². The normalized spacial score (nSPS) is 13.8. The van der Waals surface area contributed by atoms with Gasteiger partial charge in [-0.05, 0) is 73.2 Å². The summed E-state index contributed by atoms with van der Waals surface area (Å²) in [7, 11) is 0. The van der Waals surface area contributed by atoms with Gasteiger partial charge in [-0.25, -0.2) is 4.98 Å². The van der Waals surface area contributed by atoms with Gasteiger partial charge in [0, 0.05) is 24.5 Å². The average Bonchev–Trinajstić information content (AvgIpc) is 2.93. The molecule has 1 aliphatic rings. The number of aromatic nitrogens is 2. The van der Waals surface area contributed by atoms with E-state index in [-0.39, 0.29) is 23.1 Å². The van der Waals surface area contributed by atoms with Crippen molar-refractivity contribution in [2.75, 3.05) is 29.1 Å². The molecule has 0 bridgehead atoms. The number of nitrogens with one attached hydrogen (secondary N) is 1. The second-order valence-electron chi connectivity index (χ2n) is 9.70. The van der Waals surface area contributed by atoms with Gasteiger partial charge in [0.25, 0.3) is 5.56 Å². The number of piperidine rings is 1. The van der Waals surface area contributed by atoms with Gasteiger partial charge in [-0.15, -0.1) is 0 Å². The quantitative estimate of drug-likeness (QED) is 0.235. The Morgan fingerprint density at radius 2 is 1.65 bits per heavy atom. The fourth-order valence-electron chi connectivity index (χ4n) is 4.84. The van der Waals surface area contributed by atoms with Crippen LogP contribution in [-0.2, 0) is 4.79 Å². The zero-order valence-electron chi connectivity index (χ0n) is 21.3. The molecule has 0 atom stereocenters. The van der Waals surface area contributed by atoms with Gasteiger partial charge in [0.05, 0.1) is 22.3 Å². The van der Waals surface area contributed by atoms with Crippen LogP contribution >= 0.6 is 11.8 Å². The molecule has 1 amide bonds. The second kappa shape index (κ2) is 11.2. The van der Waals surface area contributed by atoms with Crippen LogP contribution in [0.4, 0.5) is 11.4 Å². The van der Waals surface area contributed by atoms with Crippen molar-refractivity contribution in [3.8, 4) is 5.69 Å². The summed E-state index contributed by atoms with van der Waals surface area (Å²) >= 11 is 1.28. The van der Waals surface area contributed by atoms with Gasteiger partial charge >= 0.3 is 0 Å². The number of carbonyl (C=O) groups is 1. The number of fused-ring (bicyclic) bond motifs is 1. The summed E-state index contributed by atoms with van der Waals surface area (Å²) in [5, 5.41) is 4.06. The minimum Gasteiger partial charge on any atom is -0.372 e. The molecular weight excluding hydrogens is 480 g/mol. The van der Waals surface area contributed by atoms with Crippen molar-refractivity contribution >= 4 is 39.9 Å². The van der Waals surface area contributed by atoms with Gasteiger partial charge in [-0.2, -0.15) is 0 Å². The first-order chi connectivity index (χ1) is 18.0. The molecule has 2 heterocycles. The van der Waals surface area contributed by atoms with E-state index in [4.69, 9.17) is 4.98 Å². The fourth-order valence-corrected chi connectivity index (χ4v) is 5.64. The molecule has 37 heavy (non-hydrogen) atoms. The molecule has 0 unspecified atom stereocenters. The Hall–Kier alpha value is -3.58. The summed E-state index contributed by atoms with van der Waals surface area (Å²) in [6, 6.07) is 23.3. The largest absolute Gasteiger partial charge is 0.372 e. The van der Waals surface area contributed by atoms with E-state index in [1.165, 1.54) is 36.7 Å². The zero-order valence-corrected chi connectivity index (χ0v) is 22.1. The van der Waals surface area contributed by atoms with Crippen LogP contribution in [0.5, 0.6) is 0 Å². The molecular formula is C30H32N4O2S. The molecule has 1 saturated heterocycles. The Morgan fingerprint density at radius 1 is 0.946 bits per heavy atom. The van der Waals surface area contributed by atoms with Crippen LogP contribution in [0.2, 0.25) is 0 Å². The number of carbonyl (C=O) groups excluding carboxylic acids is 1. The molecule has 1 aromatic heterocycles. The average molecular weight is 513 g/mol. The third-order valence-electron chi connectivity index (χ3n) is 6.75. The third kappa shape index (κ3) is 5.57. The number of benzene rings is 3. The first kappa shape index (κ1) is 25.1. The molecule has 0 radical (unpaired) electrons. The molecule has 3 aromatic carbocycles. The molecule has 1 N–H and O–H groups in total. The van der Waals surface area contributed by atoms with Crippen molar-refractivity contribution in [2.24, 2.45) is 0 Å². The Labute approximate surface area is 221 Å². The molecule has 7 heteroatoms. The lowest BCUT2D eigenvalue weighted by molar-refractivity contribution is -0.113.